The van der Waals surface area contributed by atoms with Crippen molar-refractivity contribution in [3.05, 3.63) is 52.5 Å². The molecule has 2 heterocycles. The highest BCUT2D eigenvalue weighted by Crippen LogP contribution is 2.29. The third-order valence-electron chi connectivity index (χ3n) is 5.95. The minimum Gasteiger partial charge on any atom is -0.378 e. The maximum absolute atomic E-state index is 13.4. The molecule has 9 heteroatoms. The van der Waals surface area contributed by atoms with E-state index in [1.54, 1.807) is 30.3 Å². The molecule has 0 spiro atoms. The zero-order valence-electron chi connectivity index (χ0n) is 18.1. The number of aryl methyl sites for hydroxylation is 1. The molecule has 0 unspecified atom stereocenters. The standard InChI is InChI=1S/C23H28ClN3O4S/c1-17-15-18(24)5-7-21(17)25-23(28)20-16-19(32(29,30)27-9-3-2-4-10-27)6-8-22(20)26-11-13-31-14-12-26/h5-8,15-16H,2-4,9-14H2,1H3,(H,25,28). The van der Waals surface area contributed by atoms with Crippen LogP contribution in [0.4, 0.5) is 11.4 Å². The van der Waals surface area contributed by atoms with Crippen LogP contribution in [0.25, 0.3) is 0 Å². The first kappa shape index (κ1) is 23.0. The second kappa shape index (κ2) is 9.79. The third-order valence-corrected chi connectivity index (χ3v) is 8.08. The van der Waals surface area contributed by atoms with Gasteiger partial charge in [0.05, 0.1) is 23.7 Å². The molecule has 2 aromatic carbocycles. The SMILES string of the molecule is Cc1cc(Cl)ccc1NC(=O)c1cc(S(=O)(=O)N2CCCCC2)ccc1N1CCOCC1. The Kier molecular flexibility index (Phi) is 7.05. The monoisotopic (exact) mass is 477 g/mol. The van der Waals surface area contributed by atoms with Gasteiger partial charge < -0.3 is 15.0 Å². The second-order valence-corrected chi connectivity index (χ2v) is 10.5. The van der Waals surface area contributed by atoms with Gasteiger partial charge in [-0.25, -0.2) is 8.42 Å². The quantitative estimate of drug-likeness (QED) is 0.706. The highest BCUT2D eigenvalue weighted by atomic mass is 35.5. The van der Waals surface area contributed by atoms with Gasteiger partial charge in [-0.2, -0.15) is 4.31 Å². The van der Waals surface area contributed by atoms with Crippen LogP contribution in [0.3, 0.4) is 0 Å². The van der Waals surface area contributed by atoms with Crippen LogP contribution in [0.1, 0.15) is 35.2 Å². The van der Waals surface area contributed by atoms with Crippen molar-refractivity contribution in [3.63, 3.8) is 0 Å². The maximum Gasteiger partial charge on any atom is 0.257 e. The van der Waals surface area contributed by atoms with E-state index < -0.39 is 10.0 Å². The molecule has 0 aliphatic carbocycles. The molecule has 4 rings (SSSR count). The lowest BCUT2D eigenvalue weighted by molar-refractivity contribution is 0.102. The number of hydrogen-bond donors (Lipinski definition) is 1. The molecule has 2 aromatic rings. The number of morpholine rings is 1. The molecule has 172 valence electrons. The Bertz CT molecular complexity index is 1090. The number of piperidine rings is 1. The van der Waals surface area contributed by atoms with Gasteiger partial charge in [0.2, 0.25) is 10.0 Å². The smallest absolute Gasteiger partial charge is 0.257 e. The van der Waals surface area contributed by atoms with Crippen LogP contribution < -0.4 is 10.2 Å². The molecule has 0 aromatic heterocycles. The van der Waals surface area contributed by atoms with E-state index in [2.05, 4.69) is 10.2 Å². The molecule has 1 amide bonds. The zero-order chi connectivity index (χ0) is 22.7. The molecule has 7 nitrogen and oxygen atoms in total. The molecule has 32 heavy (non-hydrogen) atoms. The van der Waals surface area contributed by atoms with E-state index in [1.165, 1.54) is 10.4 Å². The highest BCUT2D eigenvalue weighted by molar-refractivity contribution is 7.89. The van der Waals surface area contributed by atoms with Crippen LogP contribution in [0.5, 0.6) is 0 Å². The average molecular weight is 478 g/mol. The summed E-state index contributed by atoms with van der Waals surface area (Å²) < 4.78 is 33.5. The van der Waals surface area contributed by atoms with Crippen molar-refractivity contribution in [3.8, 4) is 0 Å². The van der Waals surface area contributed by atoms with Crippen LogP contribution in [-0.4, -0.2) is 58.0 Å². The van der Waals surface area contributed by atoms with Crippen LogP contribution >= 0.6 is 11.6 Å². The van der Waals surface area contributed by atoms with Crippen LogP contribution in [0.2, 0.25) is 5.02 Å². The first-order valence-corrected chi connectivity index (χ1v) is 12.7. The Morgan fingerprint density at radius 2 is 1.72 bits per heavy atom. The van der Waals surface area contributed by atoms with Crippen LogP contribution in [-0.2, 0) is 14.8 Å². The summed E-state index contributed by atoms with van der Waals surface area (Å²) in [5, 5.41) is 3.51. The summed E-state index contributed by atoms with van der Waals surface area (Å²) in [5.41, 5.74) is 2.50. The lowest BCUT2D eigenvalue weighted by Gasteiger charge is -2.31. The third kappa shape index (κ3) is 4.93. The summed E-state index contributed by atoms with van der Waals surface area (Å²) in [4.78, 5) is 15.6. The molecule has 0 radical (unpaired) electrons. The number of rotatable bonds is 5. The minimum absolute atomic E-state index is 0.148. The number of carbonyl (C=O) groups excluding carboxylic acids is 1. The van der Waals surface area contributed by atoms with Crippen molar-refractivity contribution in [2.45, 2.75) is 31.1 Å². The summed E-state index contributed by atoms with van der Waals surface area (Å²) in [6, 6.07) is 10.1. The number of nitrogens with zero attached hydrogens (tertiary/aromatic N) is 2. The van der Waals surface area contributed by atoms with Crippen molar-refractivity contribution in [1.82, 2.24) is 4.31 Å². The molecule has 1 N–H and O–H groups in total. The molecular formula is C23H28ClN3O4S. The number of hydrogen-bond acceptors (Lipinski definition) is 5. The van der Waals surface area contributed by atoms with Gasteiger partial charge in [-0.3, -0.25) is 4.79 Å². The van der Waals surface area contributed by atoms with Gasteiger partial charge in [-0.1, -0.05) is 18.0 Å². The van der Waals surface area contributed by atoms with Crippen molar-refractivity contribution in [1.29, 1.82) is 0 Å². The molecule has 2 saturated heterocycles. The average Bonchev–Trinajstić information content (AvgIpc) is 2.81. The Labute approximate surface area is 194 Å². The zero-order valence-corrected chi connectivity index (χ0v) is 19.7. The fraction of sp³-hybridized carbons (Fsp3) is 0.435. The van der Waals surface area contributed by atoms with Gasteiger partial charge in [0.15, 0.2) is 0 Å². The molecule has 2 fully saturated rings. The largest absolute Gasteiger partial charge is 0.378 e. The van der Waals surface area contributed by atoms with E-state index in [-0.39, 0.29) is 10.8 Å². The van der Waals surface area contributed by atoms with Gasteiger partial charge >= 0.3 is 0 Å². The first-order valence-electron chi connectivity index (χ1n) is 10.9. The fourth-order valence-corrected chi connectivity index (χ4v) is 5.92. The van der Waals surface area contributed by atoms with E-state index in [4.69, 9.17) is 16.3 Å². The summed E-state index contributed by atoms with van der Waals surface area (Å²) in [6.45, 7) is 5.28. The van der Waals surface area contributed by atoms with Crippen molar-refractivity contribution in [2.75, 3.05) is 49.6 Å². The number of anilines is 2. The van der Waals surface area contributed by atoms with E-state index in [0.717, 1.165) is 24.8 Å². The normalized spacial score (nSPS) is 17.9. The van der Waals surface area contributed by atoms with E-state index >= 15 is 0 Å². The number of nitrogens with one attached hydrogen (secondary N) is 1. The Morgan fingerprint density at radius 1 is 1.00 bits per heavy atom. The Hall–Kier alpha value is -2.13. The predicted octanol–water partition coefficient (Wildman–Crippen LogP) is 3.91. The fourth-order valence-electron chi connectivity index (χ4n) is 4.15. The maximum atomic E-state index is 13.4. The Balaban J connectivity index is 1.71. The highest BCUT2D eigenvalue weighted by Gasteiger charge is 2.28. The molecule has 0 saturated carbocycles. The van der Waals surface area contributed by atoms with Crippen LogP contribution in [0, 0.1) is 6.92 Å². The van der Waals surface area contributed by atoms with Crippen molar-refractivity contribution in [2.24, 2.45) is 0 Å². The number of sulfonamides is 1. The minimum atomic E-state index is -3.66. The number of carbonyl (C=O) groups is 1. The van der Waals surface area contributed by atoms with Crippen molar-refractivity contribution >= 4 is 38.9 Å². The van der Waals surface area contributed by atoms with Crippen molar-refractivity contribution < 1.29 is 17.9 Å². The van der Waals surface area contributed by atoms with Gasteiger partial charge in [-0.05, 0) is 61.7 Å². The molecular weight excluding hydrogens is 450 g/mol. The van der Waals surface area contributed by atoms with Gasteiger partial charge in [-0.15, -0.1) is 0 Å². The topological polar surface area (TPSA) is 79.0 Å². The van der Waals surface area contributed by atoms with E-state index in [1.807, 2.05) is 6.92 Å². The lowest BCUT2D eigenvalue weighted by atomic mass is 10.1. The molecule has 2 aliphatic rings. The molecule has 0 bridgehead atoms. The Morgan fingerprint density at radius 3 is 2.41 bits per heavy atom. The lowest BCUT2D eigenvalue weighted by Crippen LogP contribution is -2.38. The van der Waals surface area contributed by atoms with Gasteiger partial charge in [0.1, 0.15) is 0 Å². The van der Waals surface area contributed by atoms with Crippen LogP contribution in [0.15, 0.2) is 41.3 Å². The number of benzene rings is 2. The van der Waals surface area contributed by atoms with Gasteiger partial charge in [0.25, 0.3) is 5.91 Å². The summed E-state index contributed by atoms with van der Waals surface area (Å²) >= 11 is 6.04. The predicted molar refractivity (Wildman–Crippen MR) is 126 cm³/mol. The first-order chi connectivity index (χ1) is 15.4. The number of amides is 1. The summed E-state index contributed by atoms with van der Waals surface area (Å²) in [7, 11) is -3.66. The molecule has 0 atom stereocenters. The molecule has 2 aliphatic heterocycles. The van der Waals surface area contributed by atoms with E-state index in [0.29, 0.717) is 61.4 Å². The number of ether oxygens (including phenoxy) is 1. The number of halogens is 1. The summed E-state index contributed by atoms with van der Waals surface area (Å²) in [6.07, 6.45) is 2.75. The van der Waals surface area contributed by atoms with E-state index in [9.17, 15) is 13.2 Å². The summed E-state index contributed by atoms with van der Waals surface area (Å²) in [5.74, 6) is -0.354. The second-order valence-electron chi connectivity index (χ2n) is 8.16. The van der Waals surface area contributed by atoms with Gasteiger partial charge in [0, 0.05) is 42.6 Å².